The molecule has 0 aliphatic rings. The van der Waals surface area contributed by atoms with Gasteiger partial charge in [0.25, 0.3) is 0 Å². The summed E-state index contributed by atoms with van der Waals surface area (Å²) in [7, 11) is 0. The molecule has 0 atom stereocenters. The number of aromatic nitrogens is 2. The predicted molar refractivity (Wildman–Crippen MR) is 65.6 cm³/mol. The van der Waals surface area contributed by atoms with Crippen LogP contribution in [-0.4, -0.2) is 16.6 Å². The third kappa shape index (κ3) is 3.53. The second-order valence-corrected chi connectivity index (χ2v) is 3.64. The molecule has 0 bridgehead atoms. The van der Waals surface area contributed by atoms with Crippen molar-refractivity contribution in [2.45, 2.75) is 13.0 Å². The molecule has 0 saturated heterocycles. The van der Waals surface area contributed by atoms with Crippen LogP contribution in [0.5, 0.6) is 5.75 Å². The lowest BCUT2D eigenvalue weighted by molar-refractivity contribution is 0.320. The number of pyridine rings is 2. The average molecular weight is 229 g/mol. The number of hydrogen-bond acceptors (Lipinski definition) is 4. The summed E-state index contributed by atoms with van der Waals surface area (Å²) in [6.07, 6.45) is 6.13. The first-order valence-electron chi connectivity index (χ1n) is 5.55. The van der Waals surface area contributed by atoms with Gasteiger partial charge in [0.15, 0.2) is 0 Å². The van der Waals surface area contributed by atoms with Crippen molar-refractivity contribution >= 4 is 0 Å². The Balaban J connectivity index is 1.82. The van der Waals surface area contributed by atoms with Crippen LogP contribution in [0, 0.1) is 0 Å². The first kappa shape index (κ1) is 11.5. The van der Waals surface area contributed by atoms with Crippen LogP contribution in [0.2, 0.25) is 0 Å². The Kier molecular flexibility index (Phi) is 4.05. The second kappa shape index (κ2) is 5.96. The Bertz CT molecular complexity index is 442. The van der Waals surface area contributed by atoms with E-state index in [9.17, 15) is 0 Å². The molecule has 2 rings (SSSR count). The SMILES string of the molecule is NCc1ccc(OCCc2ccncc2)cn1. The lowest BCUT2D eigenvalue weighted by atomic mass is 10.2. The summed E-state index contributed by atoms with van der Waals surface area (Å²) < 4.78 is 5.59. The molecule has 2 heterocycles. The maximum Gasteiger partial charge on any atom is 0.137 e. The van der Waals surface area contributed by atoms with Crippen molar-refractivity contribution in [3.8, 4) is 5.75 Å². The molecule has 4 heteroatoms. The van der Waals surface area contributed by atoms with Gasteiger partial charge in [-0.15, -0.1) is 0 Å². The van der Waals surface area contributed by atoms with Crippen molar-refractivity contribution in [3.05, 3.63) is 54.1 Å². The highest BCUT2D eigenvalue weighted by Gasteiger charge is 1.96. The molecule has 0 aliphatic heterocycles. The van der Waals surface area contributed by atoms with E-state index in [2.05, 4.69) is 9.97 Å². The zero-order chi connectivity index (χ0) is 11.9. The second-order valence-electron chi connectivity index (χ2n) is 3.64. The maximum atomic E-state index is 5.59. The highest BCUT2D eigenvalue weighted by molar-refractivity contribution is 5.20. The van der Waals surface area contributed by atoms with Gasteiger partial charge in [0.05, 0.1) is 18.5 Å². The smallest absolute Gasteiger partial charge is 0.137 e. The lowest BCUT2D eigenvalue weighted by Gasteiger charge is -2.06. The van der Waals surface area contributed by atoms with Crippen LogP contribution in [0.15, 0.2) is 42.9 Å². The van der Waals surface area contributed by atoms with Gasteiger partial charge in [0, 0.05) is 25.4 Å². The van der Waals surface area contributed by atoms with Crippen LogP contribution >= 0.6 is 0 Å². The van der Waals surface area contributed by atoms with Crippen molar-refractivity contribution < 1.29 is 4.74 Å². The van der Waals surface area contributed by atoms with Crippen molar-refractivity contribution in [1.82, 2.24) is 9.97 Å². The normalized spacial score (nSPS) is 10.2. The van der Waals surface area contributed by atoms with E-state index >= 15 is 0 Å². The third-order valence-corrected chi connectivity index (χ3v) is 2.42. The van der Waals surface area contributed by atoms with E-state index in [-0.39, 0.29) is 0 Å². The summed E-state index contributed by atoms with van der Waals surface area (Å²) >= 11 is 0. The Morgan fingerprint density at radius 3 is 2.59 bits per heavy atom. The number of hydrogen-bond donors (Lipinski definition) is 1. The van der Waals surface area contributed by atoms with Crippen LogP contribution in [-0.2, 0) is 13.0 Å². The predicted octanol–water partition coefficient (Wildman–Crippen LogP) is 1.56. The van der Waals surface area contributed by atoms with E-state index in [0.717, 1.165) is 17.9 Å². The van der Waals surface area contributed by atoms with Gasteiger partial charge >= 0.3 is 0 Å². The van der Waals surface area contributed by atoms with Gasteiger partial charge in [-0.1, -0.05) is 0 Å². The summed E-state index contributed by atoms with van der Waals surface area (Å²) in [5.41, 5.74) is 7.55. The minimum absolute atomic E-state index is 0.456. The van der Waals surface area contributed by atoms with Gasteiger partial charge in [0.2, 0.25) is 0 Å². The summed E-state index contributed by atoms with van der Waals surface area (Å²) in [4.78, 5) is 8.13. The molecule has 0 fully saturated rings. The van der Waals surface area contributed by atoms with Crippen molar-refractivity contribution in [1.29, 1.82) is 0 Å². The Morgan fingerprint density at radius 2 is 1.94 bits per heavy atom. The molecule has 17 heavy (non-hydrogen) atoms. The molecule has 2 aromatic rings. The van der Waals surface area contributed by atoms with Crippen molar-refractivity contribution in [3.63, 3.8) is 0 Å². The summed E-state index contributed by atoms with van der Waals surface area (Å²) in [5, 5.41) is 0. The molecule has 2 N–H and O–H groups in total. The first-order valence-corrected chi connectivity index (χ1v) is 5.55. The van der Waals surface area contributed by atoms with Crippen LogP contribution in [0.3, 0.4) is 0 Å². The van der Waals surface area contributed by atoms with Gasteiger partial charge in [-0.25, -0.2) is 0 Å². The molecule has 2 aromatic heterocycles. The lowest BCUT2D eigenvalue weighted by Crippen LogP contribution is -2.03. The van der Waals surface area contributed by atoms with E-state index in [0.29, 0.717) is 13.2 Å². The molecule has 4 nitrogen and oxygen atoms in total. The summed E-state index contributed by atoms with van der Waals surface area (Å²) in [6, 6.07) is 7.74. The van der Waals surface area contributed by atoms with Crippen molar-refractivity contribution in [2.75, 3.05) is 6.61 Å². The molecule has 88 valence electrons. The van der Waals surface area contributed by atoms with Gasteiger partial charge in [-0.05, 0) is 29.8 Å². The minimum atomic E-state index is 0.456. The summed E-state index contributed by atoms with van der Waals surface area (Å²) in [5.74, 6) is 0.774. The molecule has 0 amide bonds. The monoisotopic (exact) mass is 229 g/mol. The van der Waals surface area contributed by atoms with Crippen LogP contribution in [0.1, 0.15) is 11.3 Å². The van der Waals surface area contributed by atoms with Gasteiger partial charge in [0.1, 0.15) is 5.75 Å². The highest BCUT2D eigenvalue weighted by Crippen LogP contribution is 2.09. The van der Waals surface area contributed by atoms with E-state index in [1.165, 1.54) is 5.56 Å². The Hall–Kier alpha value is -1.94. The molecule has 0 saturated carbocycles. The molecule has 0 unspecified atom stereocenters. The number of nitrogens with two attached hydrogens (primary N) is 1. The fourth-order valence-corrected chi connectivity index (χ4v) is 1.45. The first-order chi connectivity index (χ1) is 8.38. The van der Waals surface area contributed by atoms with Gasteiger partial charge in [-0.3, -0.25) is 9.97 Å². The quantitative estimate of drug-likeness (QED) is 0.845. The minimum Gasteiger partial charge on any atom is -0.492 e. The van der Waals surface area contributed by atoms with Crippen LogP contribution < -0.4 is 10.5 Å². The van der Waals surface area contributed by atoms with Crippen LogP contribution in [0.4, 0.5) is 0 Å². The topological polar surface area (TPSA) is 61.0 Å². The third-order valence-electron chi connectivity index (χ3n) is 2.42. The highest BCUT2D eigenvalue weighted by atomic mass is 16.5. The number of ether oxygens (including phenoxy) is 1. The van der Waals surface area contributed by atoms with E-state index < -0.39 is 0 Å². The molecular weight excluding hydrogens is 214 g/mol. The number of nitrogens with zero attached hydrogens (tertiary/aromatic N) is 2. The zero-order valence-corrected chi connectivity index (χ0v) is 9.54. The molecule has 0 radical (unpaired) electrons. The molecule has 0 aliphatic carbocycles. The molecule has 0 spiro atoms. The van der Waals surface area contributed by atoms with E-state index in [1.807, 2.05) is 24.3 Å². The van der Waals surface area contributed by atoms with Crippen molar-refractivity contribution in [2.24, 2.45) is 5.73 Å². The summed E-state index contributed by atoms with van der Waals surface area (Å²) in [6.45, 7) is 1.09. The molecular formula is C13H15N3O. The average Bonchev–Trinajstić information content (AvgIpc) is 2.41. The largest absolute Gasteiger partial charge is 0.492 e. The fraction of sp³-hybridized carbons (Fsp3) is 0.231. The standard InChI is InChI=1S/C13H15N3O/c14-9-12-1-2-13(10-16-12)17-8-5-11-3-6-15-7-4-11/h1-4,6-7,10H,5,8-9,14H2. The fourth-order valence-electron chi connectivity index (χ4n) is 1.45. The zero-order valence-electron chi connectivity index (χ0n) is 9.54. The van der Waals surface area contributed by atoms with E-state index in [4.69, 9.17) is 10.5 Å². The van der Waals surface area contributed by atoms with Gasteiger partial charge < -0.3 is 10.5 Å². The Labute approximate surface area is 100 Å². The number of rotatable bonds is 5. The van der Waals surface area contributed by atoms with Gasteiger partial charge in [-0.2, -0.15) is 0 Å². The Morgan fingerprint density at radius 1 is 1.12 bits per heavy atom. The van der Waals surface area contributed by atoms with E-state index in [1.54, 1.807) is 18.6 Å². The van der Waals surface area contributed by atoms with Crippen LogP contribution in [0.25, 0.3) is 0 Å². The molecule has 0 aromatic carbocycles. The maximum absolute atomic E-state index is 5.59.